The first-order valence-electron chi connectivity index (χ1n) is 7.63. The van der Waals surface area contributed by atoms with Crippen LogP contribution < -0.4 is 5.32 Å². The maximum atomic E-state index is 4.40. The number of nitrogens with one attached hydrogen (secondary N) is 1. The van der Waals surface area contributed by atoms with Crippen molar-refractivity contribution in [2.75, 3.05) is 6.54 Å². The Hall–Kier alpha value is -0.900. The number of hydrogen-bond acceptors (Lipinski definition) is 3. The lowest BCUT2D eigenvalue weighted by Crippen LogP contribution is -2.26. The summed E-state index contributed by atoms with van der Waals surface area (Å²) in [4.78, 5) is 0. The minimum absolute atomic E-state index is 0.293. The highest BCUT2D eigenvalue weighted by molar-refractivity contribution is 5.01. The molecule has 1 aliphatic rings. The van der Waals surface area contributed by atoms with Crippen LogP contribution in [0, 0.1) is 5.41 Å². The van der Waals surface area contributed by atoms with Gasteiger partial charge in [-0.25, -0.2) is 0 Å². The average Bonchev–Trinajstić information content (AvgIpc) is 2.57. The van der Waals surface area contributed by atoms with Crippen LogP contribution in [-0.4, -0.2) is 21.3 Å². The molecule has 0 fully saturated rings. The van der Waals surface area contributed by atoms with E-state index in [0.29, 0.717) is 11.5 Å². The first-order chi connectivity index (χ1) is 8.97. The standard InChI is InChI=1S/C15H28N4/c1-12(16-10-9-15(2,3)4)14-18-17-13-8-6-5-7-11-19(13)14/h12,16H,5-11H2,1-4H3. The summed E-state index contributed by atoms with van der Waals surface area (Å²) in [5.41, 5.74) is 0.383. The van der Waals surface area contributed by atoms with E-state index in [-0.39, 0.29) is 0 Å². The first kappa shape index (κ1) is 14.5. The van der Waals surface area contributed by atoms with Crippen molar-refractivity contribution >= 4 is 0 Å². The summed E-state index contributed by atoms with van der Waals surface area (Å²) in [6, 6.07) is 0.293. The highest BCUT2D eigenvalue weighted by Gasteiger charge is 2.19. The van der Waals surface area contributed by atoms with Crippen molar-refractivity contribution in [2.24, 2.45) is 5.41 Å². The van der Waals surface area contributed by atoms with E-state index in [2.05, 4.69) is 47.8 Å². The van der Waals surface area contributed by atoms with Gasteiger partial charge < -0.3 is 9.88 Å². The fourth-order valence-electron chi connectivity index (χ4n) is 2.58. The summed E-state index contributed by atoms with van der Waals surface area (Å²) >= 11 is 0. The van der Waals surface area contributed by atoms with Gasteiger partial charge in [-0.1, -0.05) is 27.2 Å². The molecule has 2 rings (SSSR count). The summed E-state index contributed by atoms with van der Waals surface area (Å²) in [5, 5.41) is 12.4. The lowest BCUT2D eigenvalue weighted by Gasteiger charge is -2.20. The summed E-state index contributed by atoms with van der Waals surface area (Å²) in [5.74, 6) is 2.29. The minimum atomic E-state index is 0.293. The predicted octanol–water partition coefficient (Wildman–Crippen LogP) is 3.09. The van der Waals surface area contributed by atoms with Gasteiger partial charge in [-0.15, -0.1) is 10.2 Å². The van der Waals surface area contributed by atoms with Gasteiger partial charge in [0.05, 0.1) is 6.04 Å². The molecule has 0 amide bonds. The molecule has 1 unspecified atom stereocenters. The molecule has 0 spiro atoms. The zero-order valence-corrected chi connectivity index (χ0v) is 12.9. The molecule has 0 aromatic carbocycles. The average molecular weight is 264 g/mol. The smallest absolute Gasteiger partial charge is 0.149 e. The zero-order chi connectivity index (χ0) is 13.9. The van der Waals surface area contributed by atoms with Gasteiger partial charge in [0.1, 0.15) is 11.6 Å². The van der Waals surface area contributed by atoms with E-state index in [1.54, 1.807) is 0 Å². The molecule has 2 heterocycles. The van der Waals surface area contributed by atoms with Crippen LogP contribution >= 0.6 is 0 Å². The third-order valence-corrected chi connectivity index (χ3v) is 3.85. The SMILES string of the molecule is CC(NCCC(C)(C)C)c1nnc2n1CCCCC2. The Kier molecular flexibility index (Phi) is 4.61. The van der Waals surface area contributed by atoms with E-state index in [9.17, 15) is 0 Å². The van der Waals surface area contributed by atoms with E-state index in [4.69, 9.17) is 0 Å². The number of aryl methyl sites for hydroxylation is 1. The van der Waals surface area contributed by atoms with Crippen LogP contribution in [0.1, 0.15) is 71.1 Å². The third-order valence-electron chi connectivity index (χ3n) is 3.85. The second-order valence-electron chi connectivity index (χ2n) is 6.92. The van der Waals surface area contributed by atoms with Crippen LogP contribution in [0.25, 0.3) is 0 Å². The van der Waals surface area contributed by atoms with Gasteiger partial charge in [-0.3, -0.25) is 0 Å². The summed E-state index contributed by atoms with van der Waals surface area (Å²) in [6.45, 7) is 11.2. The number of fused-ring (bicyclic) bond motifs is 1. The van der Waals surface area contributed by atoms with Gasteiger partial charge in [0.25, 0.3) is 0 Å². The quantitative estimate of drug-likeness (QED) is 0.908. The monoisotopic (exact) mass is 264 g/mol. The molecule has 1 atom stereocenters. The molecule has 0 saturated carbocycles. The second kappa shape index (κ2) is 6.04. The maximum absolute atomic E-state index is 4.40. The van der Waals surface area contributed by atoms with Crippen molar-refractivity contribution in [2.45, 2.75) is 72.4 Å². The minimum Gasteiger partial charge on any atom is -0.314 e. The topological polar surface area (TPSA) is 42.7 Å². The molecule has 1 aliphatic heterocycles. The molecule has 4 nitrogen and oxygen atoms in total. The molecule has 0 aliphatic carbocycles. The lowest BCUT2D eigenvalue weighted by molar-refractivity contribution is 0.353. The van der Waals surface area contributed by atoms with Gasteiger partial charge in [-0.2, -0.15) is 0 Å². The number of hydrogen-bond donors (Lipinski definition) is 1. The molecule has 1 N–H and O–H groups in total. The van der Waals surface area contributed by atoms with E-state index < -0.39 is 0 Å². The molecule has 108 valence electrons. The Morgan fingerprint density at radius 1 is 1.21 bits per heavy atom. The highest BCUT2D eigenvalue weighted by atomic mass is 15.3. The van der Waals surface area contributed by atoms with Crippen LogP contribution in [0.15, 0.2) is 0 Å². The molecular formula is C15H28N4. The maximum Gasteiger partial charge on any atom is 0.149 e. The second-order valence-corrected chi connectivity index (χ2v) is 6.92. The third kappa shape index (κ3) is 4.03. The first-order valence-corrected chi connectivity index (χ1v) is 7.63. The van der Waals surface area contributed by atoms with E-state index in [0.717, 1.165) is 25.3 Å². The lowest BCUT2D eigenvalue weighted by atomic mass is 9.92. The largest absolute Gasteiger partial charge is 0.314 e. The fourth-order valence-corrected chi connectivity index (χ4v) is 2.58. The Morgan fingerprint density at radius 3 is 2.74 bits per heavy atom. The number of aromatic nitrogens is 3. The van der Waals surface area contributed by atoms with Crippen molar-refractivity contribution < 1.29 is 0 Å². The summed E-state index contributed by atoms with van der Waals surface area (Å²) in [7, 11) is 0. The van der Waals surface area contributed by atoms with Crippen LogP contribution in [0.5, 0.6) is 0 Å². The fraction of sp³-hybridized carbons (Fsp3) is 0.867. The zero-order valence-electron chi connectivity index (χ0n) is 12.9. The van der Waals surface area contributed by atoms with Crippen LogP contribution in [0.3, 0.4) is 0 Å². The van der Waals surface area contributed by atoms with Crippen LogP contribution in [0.2, 0.25) is 0 Å². The van der Waals surface area contributed by atoms with Gasteiger partial charge in [0.15, 0.2) is 0 Å². The Labute approximate surface area is 117 Å². The molecule has 0 radical (unpaired) electrons. The molecular weight excluding hydrogens is 236 g/mol. The van der Waals surface area contributed by atoms with Crippen molar-refractivity contribution in [1.29, 1.82) is 0 Å². The van der Waals surface area contributed by atoms with E-state index >= 15 is 0 Å². The van der Waals surface area contributed by atoms with Crippen molar-refractivity contribution in [1.82, 2.24) is 20.1 Å². The van der Waals surface area contributed by atoms with E-state index in [1.165, 1.54) is 31.5 Å². The van der Waals surface area contributed by atoms with Crippen molar-refractivity contribution in [3.8, 4) is 0 Å². The number of nitrogens with zero attached hydrogens (tertiary/aromatic N) is 3. The van der Waals surface area contributed by atoms with Gasteiger partial charge in [-0.05, 0) is 38.1 Å². The highest BCUT2D eigenvalue weighted by Crippen LogP contribution is 2.20. The van der Waals surface area contributed by atoms with E-state index in [1.807, 2.05) is 0 Å². The molecule has 1 aromatic heterocycles. The predicted molar refractivity (Wildman–Crippen MR) is 78.1 cm³/mol. The van der Waals surface area contributed by atoms with Gasteiger partial charge in [0.2, 0.25) is 0 Å². The molecule has 0 bridgehead atoms. The Bertz CT molecular complexity index is 403. The van der Waals surface area contributed by atoms with Crippen LogP contribution in [-0.2, 0) is 13.0 Å². The number of rotatable bonds is 4. The van der Waals surface area contributed by atoms with Crippen LogP contribution in [0.4, 0.5) is 0 Å². The Morgan fingerprint density at radius 2 is 2.00 bits per heavy atom. The van der Waals surface area contributed by atoms with Crippen molar-refractivity contribution in [3.63, 3.8) is 0 Å². The molecule has 1 aromatic rings. The molecule has 4 heteroatoms. The molecule has 19 heavy (non-hydrogen) atoms. The Balaban J connectivity index is 1.96. The molecule has 0 saturated heterocycles. The normalized spacial score (nSPS) is 17.9. The van der Waals surface area contributed by atoms with Crippen molar-refractivity contribution in [3.05, 3.63) is 11.6 Å². The van der Waals surface area contributed by atoms with Gasteiger partial charge >= 0.3 is 0 Å². The summed E-state index contributed by atoms with van der Waals surface area (Å²) in [6.07, 6.45) is 6.09. The van der Waals surface area contributed by atoms with Gasteiger partial charge in [0, 0.05) is 13.0 Å². The summed E-state index contributed by atoms with van der Waals surface area (Å²) < 4.78 is 2.34.